The lowest BCUT2D eigenvalue weighted by molar-refractivity contribution is -0.124. The van der Waals surface area contributed by atoms with E-state index < -0.39 is 5.91 Å². The van der Waals surface area contributed by atoms with E-state index in [0.29, 0.717) is 0 Å². The average molecular weight is 532 g/mol. The van der Waals surface area contributed by atoms with Gasteiger partial charge in [0.05, 0.1) is 0 Å². The van der Waals surface area contributed by atoms with Crippen LogP contribution in [0.25, 0.3) is 17.0 Å². The fourth-order valence-electron chi connectivity index (χ4n) is 5.49. The van der Waals surface area contributed by atoms with Crippen molar-refractivity contribution >= 4 is 47.7 Å². The number of amides is 1. The number of halogens is 2. The summed E-state index contributed by atoms with van der Waals surface area (Å²) < 4.78 is 2.55. The fraction of sp³-hybridized carbons (Fsp3) is 0.393. The number of likely N-dealkylation sites (tertiary alicyclic amines) is 1. The highest BCUT2D eigenvalue weighted by Gasteiger charge is 2.24. The standard InChI is InChI=1S/C28H34N4O2.2ClH/c33-28(29-34)12-10-22-9-11-26-24(19-22)25-21-31(20-23-7-3-1-4-8-23)16-13-27(25)32(26)18-17-30-14-5-2-6-15-30;;/h1,3-4,7-12,19,34H,2,5-6,13-18,20-21H2,(H,29,33);2*1H/b12-10+;;. The molecule has 2 aliphatic heterocycles. The molecule has 8 heteroatoms. The van der Waals surface area contributed by atoms with Crippen LogP contribution in [0.5, 0.6) is 0 Å². The molecule has 0 radical (unpaired) electrons. The Morgan fingerprint density at radius 1 is 0.944 bits per heavy atom. The number of fused-ring (bicyclic) bond motifs is 3. The zero-order valence-electron chi connectivity index (χ0n) is 20.6. The molecule has 1 fully saturated rings. The minimum atomic E-state index is -0.518. The monoisotopic (exact) mass is 530 g/mol. The molecule has 3 aromatic rings. The van der Waals surface area contributed by atoms with Crippen LogP contribution in [0.3, 0.4) is 0 Å². The Kier molecular flexibility index (Phi) is 10.4. The van der Waals surface area contributed by atoms with Crippen LogP contribution in [0, 0.1) is 0 Å². The third kappa shape index (κ3) is 6.50. The molecule has 0 aliphatic carbocycles. The van der Waals surface area contributed by atoms with Gasteiger partial charge in [-0.1, -0.05) is 42.8 Å². The molecule has 2 aromatic carbocycles. The van der Waals surface area contributed by atoms with E-state index in [0.717, 1.165) is 44.7 Å². The summed E-state index contributed by atoms with van der Waals surface area (Å²) in [6.07, 6.45) is 8.16. The summed E-state index contributed by atoms with van der Waals surface area (Å²) in [5.41, 5.74) is 8.14. The second-order valence-corrected chi connectivity index (χ2v) is 9.51. The Balaban J connectivity index is 0.00000180. The van der Waals surface area contributed by atoms with E-state index in [1.807, 2.05) is 0 Å². The zero-order valence-corrected chi connectivity index (χ0v) is 22.2. The summed E-state index contributed by atoms with van der Waals surface area (Å²) in [7, 11) is 0. The molecule has 0 bridgehead atoms. The Labute approximate surface area is 225 Å². The predicted octanol–water partition coefficient (Wildman–Crippen LogP) is 5.05. The van der Waals surface area contributed by atoms with E-state index >= 15 is 0 Å². The van der Waals surface area contributed by atoms with Crippen LogP contribution in [-0.4, -0.2) is 51.7 Å². The maximum Gasteiger partial charge on any atom is 0.267 e. The number of carbonyl (C=O) groups excluding carboxylic acids is 1. The van der Waals surface area contributed by atoms with Gasteiger partial charge >= 0.3 is 0 Å². The second kappa shape index (κ2) is 13.3. The number of nitrogens with zero attached hydrogens (tertiary/aromatic N) is 3. The first-order valence-electron chi connectivity index (χ1n) is 12.5. The van der Waals surface area contributed by atoms with Crippen molar-refractivity contribution in [1.82, 2.24) is 19.8 Å². The van der Waals surface area contributed by atoms with Crippen LogP contribution < -0.4 is 5.48 Å². The van der Waals surface area contributed by atoms with Gasteiger partial charge in [0.2, 0.25) is 0 Å². The highest BCUT2D eigenvalue weighted by molar-refractivity contribution is 5.93. The van der Waals surface area contributed by atoms with Gasteiger partial charge in [0, 0.05) is 61.8 Å². The molecule has 1 aromatic heterocycles. The fourth-order valence-corrected chi connectivity index (χ4v) is 5.49. The molecule has 0 spiro atoms. The Hall–Kier alpha value is -2.35. The molecule has 2 aliphatic rings. The predicted molar refractivity (Wildman–Crippen MR) is 150 cm³/mol. The van der Waals surface area contributed by atoms with Gasteiger partial charge in [-0.15, -0.1) is 24.8 Å². The van der Waals surface area contributed by atoms with Crippen LogP contribution >= 0.6 is 24.8 Å². The quantitative estimate of drug-likeness (QED) is 0.255. The Morgan fingerprint density at radius 2 is 1.72 bits per heavy atom. The van der Waals surface area contributed by atoms with E-state index in [-0.39, 0.29) is 24.8 Å². The van der Waals surface area contributed by atoms with Crippen LogP contribution in [0.1, 0.15) is 41.6 Å². The van der Waals surface area contributed by atoms with Gasteiger partial charge in [0.1, 0.15) is 0 Å². The number of hydroxylamine groups is 1. The average Bonchev–Trinajstić information content (AvgIpc) is 3.19. The van der Waals surface area contributed by atoms with Crippen molar-refractivity contribution < 1.29 is 10.0 Å². The topological polar surface area (TPSA) is 60.7 Å². The van der Waals surface area contributed by atoms with Crippen LogP contribution in [0.2, 0.25) is 0 Å². The highest BCUT2D eigenvalue weighted by atomic mass is 35.5. The third-order valence-electron chi connectivity index (χ3n) is 7.23. The first-order valence-corrected chi connectivity index (χ1v) is 12.5. The van der Waals surface area contributed by atoms with Crippen molar-refractivity contribution in [3.63, 3.8) is 0 Å². The summed E-state index contributed by atoms with van der Waals surface area (Å²) in [6, 6.07) is 17.1. The maximum absolute atomic E-state index is 11.5. The number of aromatic nitrogens is 1. The lowest BCUT2D eigenvalue weighted by Crippen LogP contribution is -2.34. The van der Waals surface area contributed by atoms with Crippen LogP contribution in [0.15, 0.2) is 54.6 Å². The highest BCUT2D eigenvalue weighted by Crippen LogP contribution is 2.33. The van der Waals surface area contributed by atoms with Crippen molar-refractivity contribution in [3.05, 3.63) is 77.0 Å². The summed E-state index contributed by atoms with van der Waals surface area (Å²) in [5, 5.41) is 10.1. The molecule has 1 amide bonds. The van der Waals surface area contributed by atoms with E-state index in [2.05, 4.69) is 62.9 Å². The number of benzene rings is 2. The number of hydrogen-bond acceptors (Lipinski definition) is 4. The Morgan fingerprint density at radius 3 is 2.47 bits per heavy atom. The SMILES string of the molecule is Cl.Cl.O=C(/C=C/c1ccc2c(c1)c1c(n2CCN2CCCCC2)CCN(Cc2ccccc2)C1)NO. The molecule has 0 unspecified atom stereocenters. The second-order valence-electron chi connectivity index (χ2n) is 9.51. The van der Waals surface area contributed by atoms with E-state index in [1.54, 1.807) is 11.6 Å². The number of rotatable bonds is 7. The Bertz CT molecular complexity index is 1170. The maximum atomic E-state index is 11.5. The molecule has 0 atom stereocenters. The number of carbonyl (C=O) groups is 1. The third-order valence-corrected chi connectivity index (χ3v) is 7.23. The summed E-state index contributed by atoms with van der Waals surface area (Å²) in [4.78, 5) is 16.6. The molecular weight excluding hydrogens is 495 g/mol. The molecule has 194 valence electrons. The molecule has 1 saturated heterocycles. The summed E-state index contributed by atoms with van der Waals surface area (Å²) in [5.74, 6) is -0.518. The van der Waals surface area contributed by atoms with E-state index in [1.165, 1.54) is 66.2 Å². The lowest BCUT2D eigenvalue weighted by Gasteiger charge is -2.29. The summed E-state index contributed by atoms with van der Waals surface area (Å²) >= 11 is 0. The lowest BCUT2D eigenvalue weighted by atomic mass is 10.0. The minimum absolute atomic E-state index is 0. The van der Waals surface area contributed by atoms with Gasteiger partial charge in [-0.25, -0.2) is 5.48 Å². The van der Waals surface area contributed by atoms with Crippen molar-refractivity contribution in [2.24, 2.45) is 0 Å². The first-order chi connectivity index (χ1) is 16.7. The van der Waals surface area contributed by atoms with Gasteiger partial charge in [-0.2, -0.15) is 0 Å². The summed E-state index contributed by atoms with van der Waals surface area (Å²) in [6.45, 7) is 7.50. The van der Waals surface area contributed by atoms with Crippen molar-refractivity contribution in [2.75, 3.05) is 26.2 Å². The normalized spacial score (nSPS) is 16.4. The first kappa shape index (κ1) is 28.2. The van der Waals surface area contributed by atoms with Crippen LogP contribution in [-0.2, 0) is 30.8 Å². The number of nitrogens with one attached hydrogen (secondary N) is 1. The molecule has 2 N–H and O–H groups in total. The van der Waals surface area contributed by atoms with Crippen LogP contribution in [0.4, 0.5) is 0 Å². The van der Waals surface area contributed by atoms with Gasteiger partial charge < -0.3 is 9.47 Å². The molecule has 5 rings (SSSR count). The van der Waals surface area contributed by atoms with Gasteiger partial charge in [0.25, 0.3) is 5.91 Å². The molecule has 6 nitrogen and oxygen atoms in total. The van der Waals surface area contributed by atoms with Crippen molar-refractivity contribution in [3.8, 4) is 0 Å². The van der Waals surface area contributed by atoms with Gasteiger partial charge in [-0.3, -0.25) is 14.9 Å². The molecular formula is C28H36Cl2N4O2. The number of hydrogen-bond donors (Lipinski definition) is 2. The molecule has 3 heterocycles. The van der Waals surface area contributed by atoms with Crippen molar-refractivity contribution in [1.29, 1.82) is 0 Å². The number of piperidine rings is 1. The smallest absolute Gasteiger partial charge is 0.267 e. The minimum Gasteiger partial charge on any atom is -0.343 e. The van der Waals surface area contributed by atoms with Crippen molar-refractivity contribution in [2.45, 2.75) is 45.3 Å². The molecule has 36 heavy (non-hydrogen) atoms. The molecule has 0 saturated carbocycles. The zero-order chi connectivity index (χ0) is 23.3. The largest absolute Gasteiger partial charge is 0.343 e. The van der Waals surface area contributed by atoms with Gasteiger partial charge in [0.15, 0.2) is 0 Å². The van der Waals surface area contributed by atoms with E-state index in [4.69, 9.17) is 5.21 Å². The van der Waals surface area contributed by atoms with Gasteiger partial charge in [-0.05, 0) is 60.8 Å². The van der Waals surface area contributed by atoms with E-state index in [9.17, 15) is 4.79 Å².